The van der Waals surface area contributed by atoms with Crippen molar-refractivity contribution in [3.8, 4) is 5.75 Å². The molecule has 0 bridgehead atoms. The van der Waals surface area contributed by atoms with E-state index in [2.05, 4.69) is 0 Å². The number of ether oxygens (including phenoxy) is 1. The third-order valence-corrected chi connectivity index (χ3v) is 2.53. The van der Waals surface area contributed by atoms with E-state index >= 15 is 0 Å². The van der Waals surface area contributed by atoms with Gasteiger partial charge in [-0.25, -0.2) is 4.39 Å². The highest BCUT2D eigenvalue weighted by molar-refractivity contribution is 5.81. The Labute approximate surface area is 93.6 Å². The lowest BCUT2D eigenvalue weighted by molar-refractivity contribution is 0.387. The molecule has 1 atom stereocenters. The maximum absolute atomic E-state index is 13.4. The van der Waals surface area contributed by atoms with Gasteiger partial charge in [0.2, 0.25) is 0 Å². The van der Waals surface area contributed by atoms with Crippen molar-refractivity contribution in [2.24, 2.45) is 5.73 Å². The van der Waals surface area contributed by atoms with Crippen LogP contribution < -0.4 is 10.5 Å². The summed E-state index contributed by atoms with van der Waals surface area (Å²) in [5.74, 6) is -0.0781. The van der Waals surface area contributed by atoms with Crippen LogP contribution in [0.4, 0.5) is 4.39 Å². The molecule has 0 radical (unpaired) electrons. The largest absolute Gasteiger partial charge is 0.494 e. The summed E-state index contributed by atoms with van der Waals surface area (Å²) in [5.41, 5.74) is 6.69. The van der Waals surface area contributed by atoms with E-state index in [1.165, 1.54) is 13.2 Å². The van der Waals surface area contributed by atoms with Gasteiger partial charge in [-0.15, -0.1) is 0 Å². The molecular formula is C12H15FN2O. The van der Waals surface area contributed by atoms with E-state index < -0.39 is 0 Å². The van der Waals surface area contributed by atoms with E-state index in [1.54, 1.807) is 6.07 Å². The fraction of sp³-hybridized carbons (Fsp3) is 0.333. The van der Waals surface area contributed by atoms with Crippen molar-refractivity contribution in [2.45, 2.75) is 19.5 Å². The number of rotatable bonds is 3. The highest BCUT2D eigenvalue weighted by Crippen LogP contribution is 2.25. The lowest BCUT2D eigenvalue weighted by atomic mass is 10.2. The van der Waals surface area contributed by atoms with Gasteiger partial charge in [-0.3, -0.25) is 0 Å². The molecule has 0 saturated carbocycles. The van der Waals surface area contributed by atoms with Crippen molar-refractivity contribution in [3.63, 3.8) is 0 Å². The van der Waals surface area contributed by atoms with E-state index in [9.17, 15) is 4.39 Å². The maximum Gasteiger partial charge on any atom is 0.165 e. The number of aromatic nitrogens is 1. The predicted molar refractivity (Wildman–Crippen MR) is 62.1 cm³/mol. The molecular weight excluding hydrogens is 207 g/mol. The van der Waals surface area contributed by atoms with Crippen LogP contribution in [0.2, 0.25) is 0 Å². The molecule has 0 aliphatic heterocycles. The van der Waals surface area contributed by atoms with Gasteiger partial charge in [-0.1, -0.05) is 0 Å². The van der Waals surface area contributed by atoms with Crippen molar-refractivity contribution >= 4 is 10.9 Å². The third kappa shape index (κ3) is 1.88. The number of halogens is 1. The van der Waals surface area contributed by atoms with Crippen LogP contribution in [0.25, 0.3) is 10.9 Å². The van der Waals surface area contributed by atoms with Crippen LogP contribution in [0.5, 0.6) is 5.75 Å². The molecule has 1 aromatic heterocycles. The summed E-state index contributed by atoms with van der Waals surface area (Å²) in [7, 11) is 1.46. The molecule has 0 fully saturated rings. The smallest absolute Gasteiger partial charge is 0.165 e. The van der Waals surface area contributed by atoms with Crippen molar-refractivity contribution in [2.75, 3.05) is 7.11 Å². The zero-order valence-electron chi connectivity index (χ0n) is 9.40. The minimum absolute atomic E-state index is 0.0617. The quantitative estimate of drug-likeness (QED) is 0.864. The van der Waals surface area contributed by atoms with Crippen LogP contribution in [-0.4, -0.2) is 17.7 Å². The highest BCUT2D eigenvalue weighted by Gasteiger charge is 2.08. The molecule has 0 amide bonds. The Hall–Kier alpha value is -1.55. The average Bonchev–Trinajstić information content (AvgIpc) is 2.59. The second-order valence-corrected chi connectivity index (χ2v) is 3.99. The van der Waals surface area contributed by atoms with E-state index in [-0.39, 0.29) is 17.6 Å². The molecule has 2 aromatic rings. The Morgan fingerprint density at radius 3 is 2.88 bits per heavy atom. The fourth-order valence-electron chi connectivity index (χ4n) is 1.82. The van der Waals surface area contributed by atoms with Crippen molar-refractivity contribution in [1.29, 1.82) is 0 Å². The molecule has 0 saturated heterocycles. The van der Waals surface area contributed by atoms with E-state index in [1.807, 2.05) is 23.8 Å². The Balaban J connectivity index is 2.53. The van der Waals surface area contributed by atoms with Crippen LogP contribution in [-0.2, 0) is 6.54 Å². The summed E-state index contributed by atoms with van der Waals surface area (Å²) >= 11 is 0. The molecule has 0 aliphatic carbocycles. The van der Waals surface area contributed by atoms with Crippen LogP contribution in [0, 0.1) is 5.82 Å². The van der Waals surface area contributed by atoms with Gasteiger partial charge in [0.05, 0.1) is 12.6 Å². The topological polar surface area (TPSA) is 40.2 Å². The van der Waals surface area contributed by atoms with E-state index in [0.29, 0.717) is 6.54 Å². The SMILES string of the molecule is COc1cc2c(ccn2C[C@H](C)N)cc1F. The molecule has 16 heavy (non-hydrogen) atoms. The van der Waals surface area contributed by atoms with Crippen molar-refractivity contribution < 1.29 is 9.13 Å². The minimum atomic E-state index is -0.339. The summed E-state index contributed by atoms with van der Waals surface area (Å²) in [6.07, 6.45) is 1.91. The number of nitrogens with zero attached hydrogens (tertiary/aromatic N) is 1. The summed E-state index contributed by atoms with van der Waals surface area (Å²) in [6.45, 7) is 2.64. The van der Waals surface area contributed by atoms with Crippen molar-refractivity contribution in [3.05, 3.63) is 30.2 Å². The van der Waals surface area contributed by atoms with Crippen LogP contribution in [0.15, 0.2) is 24.4 Å². The summed E-state index contributed by atoms with van der Waals surface area (Å²) in [6, 6.07) is 5.12. The van der Waals surface area contributed by atoms with Gasteiger partial charge in [0.1, 0.15) is 0 Å². The summed E-state index contributed by atoms with van der Waals surface area (Å²) < 4.78 is 20.4. The molecule has 1 heterocycles. The second kappa shape index (κ2) is 4.14. The standard InChI is InChI=1S/C12H15FN2O/c1-8(14)7-15-4-3-9-5-10(13)12(16-2)6-11(9)15/h3-6,8H,7,14H2,1-2H3/t8-/m0/s1. The van der Waals surface area contributed by atoms with E-state index in [4.69, 9.17) is 10.5 Å². The van der Waals surface area contributed by atoms with Crippen molar-refractivity contribution in [1.82, 2.24) is 4.57 Å². The van der Waals surface area contributed by atoms with Gasteiger partial charge in [-0.2, -0.15) is 0 Å². The number of nitrogens with two attached hydrogens (primary N) is 1. The zero-order valence-corrected chi connectivity index (χ0v) is 9.40. The highest BCUT2D eigenvalue weighted by atomic mass is 19.1. The lowest BCUT2D eigenvalue weighted by Gasteiger charge is -2.09. The first-order valence-corrected chi connectivity index (χ1v) is 5.20. The molecule has 0 aliphatic rings. The Morgan fingerprint density at radius 1 is 1.50 bits per heavy atom. The molecule has 2 N–H and O–H groups in total. The molecule has 86 valence electrons. The first kappa shape index (κ1) is 11.0. The number of hydrogen-bond donors (Lipinski definition) is 1. The lowest BCUT2D eigenvalue weighted by Crippen LogP contribution is -2.21. The van der Waals surface area contributed by atoms with Gasteiger partial charge in [0.15, 0.2) is 11.6 Å². The van der Waals surface area contributed by atoms with Gasteiger partial charge in [0.25, 0.3) is 0 Å². The maximum atomic E-state index is 13.4. The zero-order chi connectivity index (χ0) is 11.7. The van der Waals surface area contributed by atoms with Gasteiger partial charge >= 0.3 is 0 Å². The second-order valence-electron chi connectivity index (χ2n) is 3.99. The average molecular weight is 222 g/mol. The Kier molecular flexibility index (Phi) is 2.83. The molecule has 0 unspecified atom stereocenters. The predicted octanol–water partition coefficient (Wildman–Crippen LogP) is 2.14. The number of benzene rings is 1. The van der Waals surface area contributed by atoms with Crippen LogP contribution in [0.1, 0.15) is 6.92 Å². The Morgan fingerprint density at radius 2 is 2.25 bits per heavy atom. The van der Waals surface area contributed by atoms with E-state index in [0.717, 1.165) is 10.9 Å². The molecule has 4 heteroatoms. The first-order valence-electron chi connectivity index (χ1n) is 5.20. The monoisotopic (exact) mass is 222 g/mol. The summed E-state index contributed by atoms with van der Waals surface area (Å²) in [5, 5.41) is 0.860. The molecule has 1 aromatic carbocycles. The van der Waals surface area contributed by atoms with Gasteiger partial charge in [-0.05, 0) is 19.1 Å². The minimum Gasteiger partial charge on any atom is -0.494 e. The first-order chi connectivity index (χ1) is 7.61. The number of fused-ring (bicyclic) bond motifs is 1. The Bertz CT molecular complexity index is 505. The fourth-order valence-corrected chi connectivity index (χ4v) is 1.82. The molecule has 2 rings (SSSR count). The molecule has 0 spiro atoms. The van der Waals surface area contributed by atoms with Gasteiger partial charge in [0, 0.05) is 30.2 Å². The number of hydrogen-bond acceptors (Lipinski definition) is 2. The van der Waals surface area contributed by atoms with Crippen LogP contribution >= 0.6 is 0 Å². The number of methoxy groups -OCH3 is 1. The normalized spacial score (nSPS) is 13.0. The summed E-state index contributed by atoms with van der Waals surface area (Å²) in [4.78, 5) is 0. The van der Waals surface area contributed by atoms with Crippen LogP contribution in [0.3, 0.4) is 0 Å². The van der Waals surface area contributed by atoms with Gasteiger partial charge < -0.3 is 15.0 Å². The third-order valence-electron chi connectivity index (χ3n) is 2.53. The molecule has 3 nitrogen and oxygen atoms in total.